The van der Waals surface area contributed by atoms with Crippen LogP contribution < -0.4 is 0 Å². The van der Waals surface area contributed by atoms with Crippen molar-refractivity contribution in [1.29, 1.82) is 0 Å². The molecule has 0 aromatic rings. The van der Waals surface area contributed by atoms with E-state index in [-0.39, 0.29) is 0 Å². The summed E-state index contributed by atoms with van der Waals surface area (Å²) in [6.07, 6.45) is -1.64. The third kappa shape index (κ3) is 2.03. The molecule has 4 atom stereocenters. The lowest BCUT2D eigenvalue weighted by Gasteiger charge is -2.37. The molecule has 0 bridgehead atoms. The van der Waals surface area contributed by atoms with Gasteiger partial charge in [0.05, 0.1) is 23.7 Å². The van der Waals surface area contributed by atoms with Crippen LogP contribution >= 0.6 is 0 Å². The Morgan fingerprint density at radius 2 is 0.885 bits per heavy atom. The number of halogens is 10. The Hall–Kier alpha value is -1.76. The van der Waals surface area contributed by atoms with Crippen molar-refractivity contribution in [3.8, 4) is 0 Å². The van der Waals surface area contributed by atoms with Crippen molar-refractivity contribution in [1.82, 2.24) is 0 Å². The summed E-state index contributed by atoms with van der Waals surface area (Å²) in [5.41, 5.74) is 0. The first-order chi connectivity index (χ1) is 11.4. The summed E-state index contributed by atoms with van der Waals surface area (Å²) in [6, 6.07) is 0. The first-order valence-corrected chi connectivity index (χ1v) is 6.72. The molecule has 2 aliphatic rings. The molecule has 2 N–H and O–H groups in total. The lowest BCUT2D eigenvalue weighted by Crippen LogP contribution is -2.65. The highest BCUT2D eigenvalue weighted by molar-refractivity contribution is 5.76. The number of carboxylic acids is 2. The van der Waals surface area contributed by atoms with E-state index in [0.29, 0.717) is 0 Å². The highest BCUT2D eigenvalue weighted by atomic mass is 19.4. The topological polar surface area (TPSA) is 74.6 Å². The Balaban J connectivity index is 2.90. The molecule has 14 heteroatoms. The summed E-state index contributed by atoms with van der Waals surface area (Å²) in [4.78, 5) is 22.0. The standard InChI is InChI=1S/C12H8F10O4/c13-8(14)4-2(6(23)24)1-3(7(25)26)5(4)9(15,16)11(19,20)12(21,22)10(8,17)18/h2-5H,1H2,(H,23,24)(H,25,26)/t2-,3+,4-,5+. The fourth-order valence-electron chi connectivity index (χ4n) is 3.57. The van der Waals surface area contributed by atoms with Gasteiger partial charge in [-0.15, -0.1) is 0 Å². The minimum absolute atomic E-state index is 1.64. The van der Waals surface area contributed by atoms with Crippen molar-refractivity contribution < 1.29 is 63.7 Å². The van der Waals surface area contributed by atoms with Crippen LogP contribution in [0, 0.1) is 23.7 Å². The summed E-state index contributed by atoms with van der Waals surface area (Å²) in [6.45, 7) is 0. The summed E-state index contributed by atoms with van der Waals surface area (Å²) < 4.78 is 138. The van der Waals surface area contributed by atoms with Crippen LogP contribution in [-0.4, -0.2) is 51.8 Å². The number of alkyl halides is 10. The lowest BCUT2D eigenvalue weighted by molar-refractivity contribution is -0.391. The molecule has 0 heterocycles. The van der Waals surface area contributed by atoms with Crippen molar-refractivity contribution in [3.05, 3.63) is 0 Å². The van der Waals surface area contributed by atoms with Gasteiger partial charge in [0, 0.05) is 0 Å². The van der Waals surface area contributed by atoms with E-state index in [2.05, 4.69) is 0 Å². The van der Waals surface area contributed by atoms with Gasteiger partial charge >= 0.3 is 41.6 Å². The maximum atomic E-state index is 14.1. The molecule has 0 amide bonds. The van der Waals surface area contributed by atoms with Crippen molar-refractivity contribution >= 4 is 11.9 Å². The quantitative estimate of drug-likeness (QED) is 0.691. The van der Waals surface area contributed by atoms with Gasteiger partial charge in [-0.1, -0.05) is 0 Å². The smallest absolute Gasteiger partial charge is 0.384 e. The first-order valence-electron chi connectivity index (χ1n) is 6.72. The van der Waals surface area contributed by atoms with Crippen molar-refractivity contribution in [2.75, 3.05) is 0 Å². The highest BCUT2D eigenvalue weighted by Gasteiger charge is 2.93. The third-order valence-electron chi connectivity index (χ3n) is 4.86. The van der Waals surface area contributed by atoms with Crippen molar-refractivity contribution in [2.24, 2.45) is 23.7 Å². The number of rotatable bonds is 2. The molecule has 0 aromatic carbocycles. The number of hydrogen-bond donors (Lipinski definition) is 2. The van der Waals surface area contributed by atoms with Crippen LogP contribution in [0.2, 0.25) is 0 Å². The second-order valence-electron chi connectivity index (χ2n) is 6.15. The van der Waals surface area contributed by atoms with E-state index in [4.69, 9.17) is 10.2 Å². The number of carbonyl (C=O) groups is 2. The zero-order chi connectivity index (χ0) is 20.7. The van der Waals surface area contributed by atoms with Crippen molar-refractivity contribution in [3.63, 3.8) is 0 Å². The summed E-state index contributed by atoms with van der Waals surface area (Å²) in [5.74, 6) is -53.0. The first kappa shape index (κ1) is 20.6. The van der Waals surface area contributed by atoms with Crippen LogP contribution in [0.25, 0.3) is 0 Å². The van der Waals surface area contributed by atoms with Crippen LogP contribution in [0.5, 0.6) is 0 Å². The molecule has 0 spiro atoms. The minimum Gasteiger partial charge on any atom is -0.481 e. The third-order valence-corrected chi connectivity index (χ3v) is 4.86. The maximum Gasteiger partial charge on any atom is 0.384 e. The molecule has 2 rings (SSSR count). The van der Waals surface area contributed by atoms with E-state index in [1.54, 1.807) is 0 Å². The van der Waals surface area contributed by atoms with Gasteiger partial charge in [0.1, 0.15) is 0 Å². The molecular weight excluding hydrogens is 398 g/mol. The van der Waals surface area contributed by atoms with Crippen LogP contribution in [0.15, 0.2) is 0 Å². The van der Waals surface area contributed by atoms with E-state index in [0.717, 1.165) is 0 Å². The molecular formula is C12H8F10O4. The molecule has 0 saturated heterocycles. The minimum atomic E-state index is -7.29. The van der Waals surface area contributed by atoms with Gasteiger partial charge in [0.25, 0.3) is 0 Å². The number of carboxylic acid groups (broad SMARTS) is 2. The average molecular weight is 406 g/mol. The molecule has 0 aromatic heterocycles. The Bertz CT molecular complexity index is 594. The van der Waals surface area contributed by atoms with Crippen LogP contribution in [0.3, 0.4) is 0 Å². The summed E-state index contributed by atoms with van der Waals surface area (Å²) in [5, 5.41) is 17.6. The molecule has 26 heavy (non-hydrogen) atoms. The average Bonchev–Trinajstić information content (AvgIpc) is 2.87. The van der Waals surface area contributed by atoms with Gasteiger partial charge in [-0.25, -0.2) is 0 Å². The van der Waals surface area contributed by atoms with Crippen LogP contribution in [0.4, 0.5) is 43.9 Å². The Morgan fingerprint density at radius 3 is 1.12 bits per heavy atom. The molecule has 2 saturated carbocycles. The van der Waals surface area contributed by atoms with Crippen molar-refractivity contribution in [2.45, 2.75) is 36.0 Å². The van der Waals surface area contributed by atoms with E-state index in [1.165, 1.54) is 0 Å². The van der Waals surface area contributed by atoms with Gasteiger partial charge in [0.15, 0.2) is 0 Å². The second kappa shape index (κ2) is 5.15. The normalized spacial score (nSPS) is 38.8. The largest absolute Gasteiger partial charge is 0.481 e. The van der Waals surface area contributed by atoms with E-state index in [1.807, 2.05) is 0 Å². The molecule has 0 unspecified atom stereocenters. The van der Waals surface area contributed by atoms with Gasteiger partial charge in [-0.05, 0) is 6.42 Å². The molecule has 2 aliphatic carbocycles. The zero-order valence-electron chi connectivity index (χ0n) is 12.0. The van der Waals surface area contributed by atoms with Gasteiger partial charge < -0.3 is 10.2 Å². The van der Waals surface area contributed by atoms with Gasteiger partial charge in [-0.3, -0.25) is 9.59 Å². The number of hydrogen-bond acceptors (Lipinski definition) is 2. The zero-order valence-corrected chi connectivity index (χ0v) is 12.0. The molecule has 2 fully saturated rings. The molecule has 0 aliphatic heterocycles. The number of aliphatic carboxylic acids is 2. The summed E-state index contributed by atoms with van der Waals surface area (Å²) in [7, 11) is 0. The van der Waals surface area contributed by atoms with Gasteiger partial charge in [0.2, 0.25) is 0 Å². The molecule has 4 nitrogen and oxygen atoms in total. The van der Waals surface area contributed by atoms with Crippen LogP contribution in [-0.2, 0) is 9.59 Å². The maximum absolute atomic E-state index is 14.1. The predicted molar refractivity (Wildman–Crippen MR) is 58.6 cm³/mol. The fraction of sp³-hybridized carbons (Fsp3) is 0.833. The Kier molecular flexibility index (Phi) is 4.07. The lowest BCUT2D eigenvalue weighted by atomic mass is 9.78. The SMILES string of the molecule is O=C(O)[C@H]1C[C@@H](C(=O)O)[C@@H]2[C@H]1C(F)(F)C(F)(F)C(F)(F)C(F)(F)C2(F)F. The van der Waals surface area contributed by atoms with E-state index in [9.17, 15) is 53.5 Å². The highest BCUT2D eigenvalue weighted by Crippen LogP contribution is 2.69. The monoisotopic (exact) mass is 406 g/mol. The van der Waals surface area contributed by atoms with Gasteiger partial charge in [-0.2, -0.15) is 43.9 Å². The fourth-order valence-corrected chi connectivity index (χ4v) is 3.57. The predicted octanol–water partition coefficient (Wildman–Crippen LogP) is 3.21. The van der Waals surface area contributed by atoms with Crippen LogP contribution in [0.1, 0.15) is 6.42 Å². The van der Waals surface area contributed by atoms with E-state index >= 15 is 0 Å². The Labute approximate surface area is 136 Å². The number of fused-ring (bicyclic) bond motifs is 1. The molecule has 0 radical (unpaired) electrons. The van der Waals surface area contributed by atoms with E-state index < -0.39 is 71.6 Å². The molecule has 150 valence electrons. The Morgan fingerprint density at radius 1 is 0.615 bits per heavy atom. The summed E-state index contributed by atoms with van der Waals surface area (Å²) >= 11 is 0. The second-order valence-corrected chi connectivity index (χ2v) is 6.15.